The first-order valence-electron chi connectivity index (χ1n) is 6.44. The van der Waals surface area contributed by atoms with E-state index in [0.717, 1.165) is 12.8 Å². The third-order valence-electron chi connectivity index (χ3n) is 3.73. The number of amides is 2. The first-order valence-corrected chi connectivity index (χ1v) is 6.44. The van der Waals surface area contributed by atoms with Crippen molar-refractivity contribution in [1.29, 1.82) is 0 Å². The molecule has 1 aliphatic rings. The number of carbonyl (C=O) groups is 2. The molecule has 0 radical (unpaired) electrons. The summed E-state index contributed by atoms with van der Waals surface area (Å²) in [4.78, 5) is 25.2. The van der Waals surface area contributed by atoms with Gasteiger partial charge in [0.15, 0.2) is 0 Å². The maximum Gasteiger partial charge on any atom is 0.251 e. The molecule has 0 bridgehead atoms. The summed E-state index contributed by atoms with van der Waals surface area (Å²) < 4.78 is 0. The van der Waals surface area contributed by atoms with Crippen LogP contribution in [0.1, 0.15) is 33.6 Å². The molecule has 3 atom stereocenters. The van der Waals surface area contributed by atoms with Crippen LogP contribution in [0.3, 0.4) is 0 Å². The van der Waals surface area contributed by atoms with Crippen molar-refractivity contribution in [1.82, 2.24) is 10.3 Å². The second-order valence-electron chi connectivity index (χ2n) is 5.42. The minimum atomic E-state index is -0.313. The van der Waals surface area contributed by atoms with Crippen molar-refractivity contribution in [2.24, 2.45) is 23.4 Å². The maximum absolute atomic E-state index is 11.9. The van der Waals surface area contributed by atoms with Crippen LogP contribution in [0.2, 0.25) is 0 Å². The first-order chi connectivity index (χ1) is 8.38. The highest BCUT2D eigenvalue weighted by Gasteiger charge is 2.37. The summed E-state index contributed by atoms with van der Waals surface area (Å²) in [6, 6.07) is -0.0579. The van der Waals surface area contributed by atoms with Gasteiger partial charge in [-0.25, -0.2) is 5.84 Å². The van der Waals surface area contributed by atoms with Gasteiger partial charge in [0.05, 0.1) is 12.0 Å². The largest absolute Gasteiger partial charge is 0.369 e. The lowest BCUT2D eigenvalue weighted by atomic mass is 9.89. The molecule has 6 nitrogen and oxygen atoms in total. The zero-order chi connectivity index (χ0) is 13.9. The van der Waals surface area contributed by atoms with E-state index < -0.39 is 0 Å². The third-order valence-corrected chi connectivity index (χ3v) is 3.73. The summed E-state index contributed by atoms with van der Waals surface area (Å²) >= 11 is 0. The fourth-order valence-corrected chi connectivity index (χ4v) is 2.68. The number of nitrogens with one attached hydrogen (secondary N) is 1. The molecule has 6 heteroatoms. The monoisotopic (exact) mass is 256 g/mol. The molecule has 1 aliphatic heterocycles. The lowest BCUT2D eigenvalue weighted by Crippen LogP contribution is -2.58. The van der Waals surface area contributed by atoms with Crippen molar-refractivity contribution in [3.8, 4) is 0 Å². The molecule has 1 saturated heterocycles. The van der Waals surface area contributed by atoms with E-state index in [-0.39, 0.29) is 35.7 Å². The number of likely N-dealkylation sites (tertiary alicyclic amines) is 1. The predicted molar refractivity (Wildman–Crippen MR) is 69.0 cm³/mol. The molecule has 0 aromatic rings. The first kappa shape index (κ1) is 14.9. The number of hydrogen-bond donors (Lipinski definition) is 3. The van der Waals surface area contributed by atoms with Crippen LogP contribution in [-0.4, -0.2) is 35.3 Å². The van der Waals surface area contributed by atoms with Crippen molar-refractivity contribution in [2.75, 3.05) is 6.54 Å². The number of rotatable bonds is 4. The van der Waals surface area contributed by atoms with Crippen LogP contribution in [0.25, 0.3) is 0 Å². The third kappa shape index (κ3) is 3.20. The molecule has 1 fully saturated rings. The quantitative estimate of drug-likeness (QED) is 0.361. The summed E-state index contributed by atoms with van der Waals surface area (Å²) in [7, 11) is 0. The molecule has 0 saturated carbocycles. The van der Waals surface area contributed by atoms with Gasteiger partial charge in [-0.15, -0.1) is 0 Å². The van der Waals surface area contributed by atoms with Crippen LogP contribution >= 0.6 is 0 Å². The lowest BCUT2D eigenvalue weighted by Gasteiger charge is -2.42. The predicted octanol–water partition coefficient (Wildman–Crippen LogP) is -0.413. The standard InChI is InChI=1S/C12H24N4O2/c1-7(2)10(12(18)15-14)16-6-9(11(13)17)5-4-8(16)3/h7-10H,4-6,14H2,1-3H3,(H2,13,17)(H,15,18). The molecule has 0 aromatic heterocycles. The van der Waals surface area contributed by atoms with Gasteiger partial charge in [0, 0.05) is 12.6 Å². The minimum absolute atomic E-state index is 0.127. The Bertz CT molecular complexity index is 319. The number of hydrazine groups is 1. The van der Waals surface area contributed by atoms with Crippen LogP contribution in [-0.2, 0) is 9.59 Å². The zero-order valence-electron chi connectivity index (χ0n) is 11.3. The highest BCUT2D eigenvalue weighted by atomic mass is 16.2. The van der Waals surface area contributed by atoms with Crippen molar-refractivity contribution in [3.63, 3.8) is 0 Å². The molecule has 0 aromatic carbocycles. The fraction of sp³-hybridized carbons (Fsp3) is 0.833. The normalized spacial score (nSPS) is 26.9. The Morgan fingerprint density at radius 2 is 1.94 bits per heavy atom. The lowest BCUT2D eigenvalue weighted by molar-refractivity contribution is -0.133. The second kappa shape index (κ2) is 6.15. The molecular weight excluding hydrogens is 232 g/mol. The van der Waals surface area contributed by atoms with Crippen LogP contribution in [0, 0.1) is 11.8 Å². The van der Waals surface area contributed by atoms with Gasteiger partial charge in [0.2, 0.25) is 5.91 Å². The molecule has 18 heavy (non-hydrogen) atoms. The summed E-state index contributed by atoms with van der Waals surface area (Å²) in [5.41, 5.74) is 7.58. The summed E-state index contributed by atoms with van der Waals surface area (Å²) in [5, 5.41) is 0. The van der Waals surface area contributed by atoms with E-state index >= 15 is 0 Å². The maximum atomic E-state index is 11.9. The molecule has 3 unspecified atom stereocenters. The van der Waals surface area contributed by atoms with Gasteiger partial charge >= 0.3 is 0 Å². The fourth-order valence-electron chi connectivity index (χ4n) is 2.68. The van der Waals surface area contributed by atoms with Gasteiger partial charge in [-0.05, 0) is 25.7 Å². The Morgan fingerprint density at radius 3 is 2.39 bits per heavy atom. The van der Waals surface area contributed by atoms with Crippen LogP contribution in [0.4, 0.5) is 0 Å². The summed E-state index contributed by atoms with van der Waals surface area (Å²) in [6.45, 7) is 6.55. The van der Waals surface area contributed by atoms with Gasteiger partial charge in [-0.2, -0.15) is 0 Å². The summed E-state index contributed by atoms with van der Waals surface area (Å²) in [5.74, 6) is 4.70. The van der Waals surface area contributed by atoms with Crippen LogP contribution in [0.5, 0.6) is 0 Å². The smallest absolute Gasteiger partial charge is 0.251 e. The van der Waals surface area contributed by atoms with Gasteiger partial charge in [-0.3, -0.25) is 19.9 Å². The molecule has 1 heterocycles. The summed E-state index contributed by atoms with van der Waals surface area (Å²) in [6.07, 6.45) is 1.66. The van der Waals surface area contributed by atoms with Gasteiger partial charge in [0.1, 0.15) is 0 Å². The highest BCUT2D eigenvalue weighted by molar-refractivity contribution is 5.82. The van der Waals surface area contributed by atoms with E-state index in [4.69, 9.17) is 11.6 Å². The number of nitrogens with two attached hydrogens (primary N) is 2. The van der Waals surface area contributed by atoms with Crippen molar-refractivity contribution >= 4 is 11.8 Å². The van der Waals surface area contributed by atoms with E-state index in [2.05, 4.69) is 12.3 Å². The molecule has 104 valence electrons. The number of primary amides is 1. The van der Waals surface area contributed by atoms with E-state index in [1.165, 1.54) is 0 Å². The van der Waals surface area contributed by atoms with E-state index in [1.807, 2.05) is 18.7 Å². The van der Waals surface area contributed by atoms with Crippen molar-refractivity contribution in [3.05, 3.63) is 0 Å². The van der Waals surface area contributed by atoms with Crippen molar-refractivity contribution < 1.29 is 9.59 Å². The Labute approximate surface area is 108 Å². The van der Waals surface area contributed by atoms with Gasteiger partial charge in [-0.1, -0.05) is 13.8 Å². The molecule has 0 spiro atoms. The average molecular weight is 256 g/mol. The van der Waals surface area contributed by atoms with E-state index in [1.54, 1.807) is 0 Å². The van der Waals surface area contributed by atoms with Crippen LogP contribution in [0.15, 0.2) is 0 Å². The Hall–Kier alpha value is -1.14. The average Bonchev–Trinajstić information content (AvgIpc) is 2.30. The van der Waals surface area contributed by atoms with Crippen molar-refractivity contribution in [2.45, 2.75) is 45.7 Å². The molecule has 2 amide bonds. The highest BCUT2D eigenvalue weighted by Crippen LogP contribution is 2.26. The van der Waals surface area contributed by atoms with E-state index in [9.17, 15) is 9.59 Å². The number of piperidine rings is 1. The molecule has 0 aliphatic carbocycles. The second-order valence-corrected chi connectivity index (χ2v) is 5.42. The number of nitrogens with zero attached hydrogens (tertiary/aromatic N) is 1. The Morgan fingerprint density at radius 1 is 1.33 bits per heavy atom. The topological polar surface area (TPSA) is 101 Å². The number of hydrogen-bond acceptors (Lipinski definition) is 4. The minimum Gasteiger partial charge on any atom is -0.369 e. The Balaban J connectivity index is 2.87. The molecule has 1 rings (SSSR count). The van der Waals surface area contributed by atoms with Gasteiger partial charge < -0.3 is 5.73 Å². The Kier molecular flexibility index (Phi) is 5.10. The zero-order valence-corrected chi connectivity index (χ0v) is 11.3. The number of carbonyl (C=O) groups excluding carboxylic acids is 2. The van der Waals surface area contributed by atoms with Crippen LogP contribution < -0.4 is 17.0 Å². The van der Waals surface area contributed by atoms with E-state index in [0.29, 0.717) is 6.54 Å². The molecular formula is C12H24N4O2. The SMILES string of the molecule is CC(C)C(C(=O)NN)N1CC(C(N)=O)CCC1C. The van der Waals surface area contributed by atoms with Gasteiger partial charge in [0.25, 0.3) is 5.91 Å². The molecule has 5 N–H and O–H groups in total.